The molecule has 10 heterocycles. The molecule has 0 aromatic rings. The maximum absolute atomic E-state index is 5.49. The molecular formula is C36H73N9O3P2. The Kier molecular flexibility index (Phi) is 18.2. The van der Waals surface area contributed by atoms with Gasteiger partial charge in [0.25, 0.3) is 0 Å². The molecule has 10 aliphatic rings. The van der Waals surface area contributed by atoms with Crippen molar-refractivity contribution in [2.24, 2.45) is 0 Å². The van der Waals surface area contributed by atoms with Crippen molar-refractivity contribution in [2.45, 2.75) is 19.8 Å². The topological polar surface area (TPSA) is 56.9 Å². The molecule has 50 heavy (non-hydrogen) atoms. The zero-order valence-corrected chi connectivity index (χ0v) is 33.7. The van der Waals surface area contributed by atoms with E-state index in [1.54, 1.807) is 0 Å². The van der Waals surface area contributed by atoms with Gasteiger partial charge in [-0.1, -0.05) is 22.8 Å². The SMILES string of the molecule is C1CN(CP(CN2CCOCC2)CN2CCOCC2)CCO1.CCN1CCN(CP2CN3CCN(CCCCN4CCN(CC4)C2)CC3)CC1. The van der Waals surface area contributed by atoms with Crippen LogP contribution in [0.4, 0.5) is 0 Å². The summed E-state index contributed by atoms with van der Waals surface area (Å²) in [6, 6.07) is 0. The van der Waals surface area contributed by atoms with E-state index in [1.165, 1.54) is 149 Å². The Hall–Kier alpha value is 0.380. The molecule has 10 rings (SSSR count). The summed E-state index contributed by atoms with van der Waals surface area (Å²) in [6.07, 6.45) is 10.7. The zero-order valence-electron chi connectivity index (χ0n) is 31.9. The Labute approximate surface area is 308 Å². The lowest BCUT2D eigenvalue weighted by molar-refractivity contribution is 0.0397. The van der Waals surface area contributed by atoms with Crippen molar-refractivity contribution in [1.82, 2.24) is 44.1 Å². The van der Waals surface area contributed by atoms with Gasteiger partial charge >= 0.3 is 0 Å². The number of morpholine rings is 3. The van der Waals surface area contributed by atoms with Gasteiger partial charge in [-0.25, -0.2) is 0 Å². The molecule has 0 aromatic carbocycles. The first-order chi connectivity index (χ1) is 24.7. The van der Waals surface area contributed by atoms with E-state index in [1.807, 2.05) is 0 Å². The Morgan fingerprint density at radius 3 is 1.14 bits per heavy atom. The van der Waals surface area contributed by atoms with Crippen LogP contribution < -0.4 is 0 Å². The largest absolute Gasteiger partial charge is 0.379 e. The Bertz CT molecular complexity index is 817. The van der Waals surface area contributed by atoms with Crippen LogP contribution in [0.3, 0.4) is 0 Å². The smallest absolute Gasteiger partial charge is 0.0594 e. The van der Waals surface area contributed by atoms with Crippen molar-refractivity contribution in [2.75, 3.05) is 215 Å². The van der Waals surface area contributed by atoms with Gasteiger partial charge in [0.2, 0.25) is 0 Å². The summed E-state index contributed by atoms with van der Waals surface area (Å²) in [5.41, 5.74) is 0. The van der Waals surface area contributed by atoms with Crippen LogP contribution in [0, 0.1) is 0 Å². The molecule has 12 nitrogen and oxygen atoms in total. The zero-order chi connectivity index (χ0) is 34.2. The van der Waals surface area contributed by atoms with Crippen LogP contribution >= 0.6 is 15.8 Å². The molecule has 0 N–H and O–H groups in total. The molecule has 0 spiro atoms. The second-order valence-electron chi connectivity index (χ2n) is 15.6. The van der Waals surface area contributed by atoms with Gasteiger partial charge in [-0.05, 0) is 32.5 Å². The van der Waals surface area contributed by atoms with Gasteiger partial charge in [0.15, 0.2) is 0 Å². The van der Waals surface area contributed by atoms with Gasteiger partial charge in [-0.15, -0.1) is 0 Å². The fraction of sp³-hybridized carbons (Fsp3) is 1.00. The van der Waals surface area contributed by atoms with Gasteiger partial charge < -0.3 is 28.9 Å². The van der Waals surface area contributed by atoms with Crippen LogP contribution in [0.15, 0.2) is 0 Å². The standard InChI is InChI=1S/C21H43N6P.C15H30N3O3P/c1-2-22-7-13-25(14-8-22)19-28-20-26-15-9-23(10-16-26)5-3-4-6-24-11-17-27(21-28)18-12-24;1-7-19-8-2-16(1)13-22(14-17-3-9-20-10-4-17)15-18-5-11-21-12-6-18/h2-21H2,1H3;1-15H2. The number of ether oxygens (including phenoxy) is 3. The lowest BCUT2D eigenvalue weighted by Gasteiger charge is -2.41. The molecule has 10 saturated heterocycles. The van der Waals surface area contributed by atoms with Gasteiger partial charge in [-0.2, -0.15) is 0 Å². The minimum atomic E-state index is -0.0181. The van der Waals surface area contributed by atoms with E-state index in [2.05, 4.69) is 51.0 Å². The van der Waals surface area contributed by atoms with E-state index in [-0.39, 0.29) is 15.8 Å². The maximum Gasteiger partial charge on any atom is 0.0594 e. The monoisotopic (exact) mass is 742 g/mol. The van der Waals surface area contributed by atoms with Crippen molar-refractivity contribution in [3.8, 4) is 0 Å². The highest BCUT2D eigenvalue weighted by Gasteiger charge is 2.27. The highest BCUT2D eigenvalue weighted by molar-refractivity contribution is 7.57. The molecule has 0 atom stereocenters. The molecule has 14 heteroatoms. The van der Waals surface area contributed by atoms with Crippen LogP contribution in [0.2, 0.25) is 0 Å². The summed E-state index contributed by atoms with van der Waals surface area (Å²) in [5.74, 6) is 0. The van der Waals surface area contributed by atoms with Crippen LogP contribution in [0.5, 0.6) is 0 Å². The van der Waals surface area contributed by atoms with E-state index >= 15 is 0 Å². The lowest BCUT2D eigenvalue weighted by Crippen LogP contribution is -2.49. The fourth-order valence-corrected chi connectivity index (χ4v) is 14.0. The highest BCUT2D eigenvalue weighted by Crippen LogP contribution is 2.40. The summed E-state index contributed by atoms with van der Waals surface area (Å²) in [4.78, 5) is 24.3. The first kappa shape index (κ1) is 40.1. The van der Waals surface area contributed by atoms with Gasteiger partial charge in [0, 0.05) is 156 Å². The minimum absolute atomic E-state index is 0.0181. The van der Waals surface area contributed by atoms with Gasteiger partial charge in [0.05, 0.1) is 39.6 Å². The Morgan fingerprint density at radius 1 is 0.400 bits per heavy atom. The second kappa shape index (κ2) is 22.7. The molecule has 0 amide bonds. The molecule has 290 valence electrons. The lowest BCUT2D eigenvalue weighted by atomic mass is 10.2. The van der Waals surface area contributed by atoms with E-state index in [9.17, 15) is 0 Å². The molecular weight excluding hydrogens is 668 g/mol. The summed E-state index contributed by atoms with van der Waals surface area (Å²) in [6.45, 7) is 33.7. The first-order valence-corrected chi connectivity index (χ1v) is 24.2. The molecule has 0 aliphatic carbocycles. The normalized spacial score (nSPS) is 33.8. The number of nitrogens with zero attached hydrogens (tertiary/aromatic N) is 9. The molecule has 0 radical (unpaired) electrons. The van der Waals surface area contributed by atoms with Crippen LogP contribution in [0.25, 0.3) is 0 Å². The predicted octanol–water partition coefficient (Wildman–Crippen LogP) is 1.34. The summed E-state index contributed by atoms with van der Waals surface area (Å²) in [5, 5.41) is 0. The molecule has 0 unspecified atom stereocenters. The number of hydrogen-bond donors (Lipinski definition) is 0. The van der Waals surface area contributed by atoms with E-state index in [0.717, 1.165) is 78.9 Å². The summed E-state index contributed by atoms with van der Waals surface area (Å²) in [7, 11) is 0.0349. The molecule has 0 aromatic heterocycles. The van der Waals surface area contributed by atoms with E-state index in [0.29, 0.717) is 0 Å². The quantitative estimate of drug-likeness (QED) is 0.321. The van der Waals surface area contributed by atoms with Crippen molar-refractivity contribution in [1.29, 1.82) is 0 Å². The van der Waals surface area contributed by atoms with Crippen molar-refractivity contribution < 1.29 is 14.2 Å². The Balaban J connectivity index is 0.000000178. The van der Waals surface area contributed by atoms with Crippen molar-refractivity contribution >= 4 is 15.8 Å². The number of likely N-dealkylation sites (N-methyl/N-ethyl adjacent to an activating group) is 1. The van der Waals surface area contributed by atoms with Crippen molar-refractivity contribution in [3.05, 3.63) is 0 Å². The third-order valence-electron chi connectivity index (χ3n) is 11.8. The summed E-state index contributed by atoms with van der Waals surface area (Å²) >= 11 is 0. The molecule has 10 aliphatic heterocycles. The van der Waals surface area contributed by atoms with Crippen LogP contribution in [-0.2, 0) is 14.2 Å². The molecule has 4 bridgehead atoms. The number of hydrogen-bond acceptors (Lipinski definition) is 12. The van der Waals surface area contributed by atoms with Crippen LogP contribution in [-0.4, -0.2) is 259 Å². The fourth-order valence-electron chi connectivity index (χ4n) is 8.42. The van der Waals surface area contributed by atoms with Crippen LogP contribution in [0.1, 0.15) is 19.8 Å². The molecule has 0 saturated carbocycles. The van der Waals surface area contributed by atoms with Gasteiger partial charge in [-0.3, -0.25) is 29.4 Å². The Morgan fingerprint density at radius 2 is 0.760 bits per heavy atom. The third kappa shape index (κ3) is 14.2. The average molecular weight is 742 g/mol. The van der Waals surface area contributed by atoms with Gasteiger partial charge in [0.1, 0.15) is 0 Å². The van der Waals surface area contributed by atoms with Crippen molar-refractivity contribution in [3.63, 3.8) is 0 Å². The first-order valence-electron chi connectivity index (χ1n) is 20.4. The maximum atomic E-state index is 5.49. The number of rotatable bonds is 9. The van der Waals surface area contributed by atoms with E-state index < -0.39 is 0 Å². The highest BCUT2D eigenvalue weighted by atomic mass is 31.1. The average Bonchev–Trinajstić information content (AvgIpc) is 3.18. The minimum Gasteiger partial charge on any atom is -0.379 e. The van der Waals surface area contributed by atoms with E-state index in [4.69, 9.17) is 14.2 Å². The second-order valence-corrected chi connectivity index (χ2v) is 19.9. The predicted molar refractivity (Wildman–Crippen MR) is 209 cm³/mol. The third-order valence-corrected chi connectivity index (χ3v) is 16.6. The summed E-state index contributed by atoms with van der Waals surface area (Å²) < 4.78 is 16.5. The number of piperazine rings is 3. The molecule has 10 fully saturated rings.